The Balaban J connectivity index is 2.75. The summed E-state index contributed by atoms with van der Waals surface area (Å²) in [5.41, 5.74) is 1.08. The summed E-state index contributed by atoms with van der Waals surface area (Å²) in [7, 11) is 0. The van der Waals surface area contributed by atoms with Gasteiger partial charge in [-0.05, 0) is 26.0 Å². The van der Waals surface area contributed by atoms with E-state index in [9.17, 15) is 4.79 Å². The van der Waals surface area contributed by atoms with Gasteiger partial charge in [-0.2, -0.15) is 0 Å². The second-order valence-electron chi connectivity index (χ2n) is 3.57. The predicted octanol–water partition coefficient (Wildman–Crippen LogP) is 2.38. The molecule has 1 atom stereocenters. The van der Waals surface area contributed by atoms with Crippen molar-refractivity contribution >= 4 is 11.7 Å². The first-order valence-electron chi connectivity index (χ1n) is 5.18. The summed E-state index contributed by atoms with van der Waals surface area (Å²) in [6.07, 6.45) is 0.169. The van der Waals surface area contributed by atoms with E-state index in [0.29, 0.717) is 0 Å². The SMILES string of the molecule is CCN(c1ccccc1)C(C)CC(=O)O. The van der Waals surface area contributed by atoms with Crippen LogP contribution in [-0.2, 0) is 4.79 Å². The van der Waals surface area contributed by atoms with Crippen molar-refractivity contribution in [3.63, 3.8) is 0 Å². The van der Waals surface area contributed by atoms with Gasteiger partial charge in [-0.25, -0.2) is 0 Å². The van der Waals surface area contributed by atoms with Crippen molar-refractivity contribution in [2.75, 3.05) is 11.4 Å². The Bertz CT molecular complexity index is 311. The number of carboxylic acid groups (broad SMARTS) is 1. The number of hydrogen-bond acceptors (Lipinski definition) is 2. The summed E-state index contributed by atoms with van der Waals surface area (Å²) in [4.78, 5) is 12.7. The number of anilines is 1. The monoisotopic (exact) mass is 207 g/mol. The minimum atomic E-state index is -0.753. The van der Waals surface area contributed by atoms with Gasteiger partial charge in [0.25, 0.3) is 0 Å². The maximum absolute atomic E-state index is 10.6. The molecule has 0 bridgehead atoms. The summed E-state index contributed by atoms with van der Waals surface area (Å²) in [6.45, 7) is 4.79. The highest BCUT2D eigenvalue weighted by Crippen LogP contribution is 2.17. The first-order valence-corrected chi connectivity index (χ1v) is 5.18. The average molecular weight is 207 g/mol. The molecule has 0 aliphatic carbocycles. The molecule has 0 fully saturated rings. The standard InChI is InChI=1S/C12H17NO2/c1-3-13(10(2)9-12(14)15)11-7-5-4-6-8-11/h4-8,10H,3,9H2,1-2H3,(H,14,15). The van der Waals surface area contributed by atoms with Gasteiger partial charge in [0.1, 0.15) is 0 Å². The molecular formula is C12H17NO2. The highest BCUT2D eigenvalue weighted by molar-refractivity contribution is 5.68. The zero-order valence-electron chi connectivity index (χ0n) is 9.18. The number of carbonyl (C=O) groups is 1. The molecule has 82 valence electrons. The van der Waals surface area contributed by atoms with E-state index in [1.54, 1.807) is 0 Å². The zero-order chi connectivity index (χ0) is 11.3. The Hall–Kier alpha value is -1.51. The molecule has 15 heavy (non-hydrogen) atoms. The van der Waals surface area contributed by atoms with Crippen LogP contribution in [0.2, 0.25) is 0 Å². The molecule has 1 unspecified atom stereocenters. The van der Waals surface area contributed by atoms with E-state index in [-0.39, 0.29) is 12.5 Å². The number of rotatable bonds is 5. The molecule has 0 aromatic heterocycles. The van der Waals surface area contributed by atoms with Crippen LogP contribution in [-0.4, -0.2) is 23.7 Å². The van der Waals surface area contributed by atoms with E-state index in [4.69, 9.17) is 5.11 Å². The molecule has 0 radical (unpaired) electrons. The van der Waals surface area contributed by atoms with Crippen LogP contribution in [0.5, 0.6) is 0 Å². The van der Waals surface area contributed by atoms with E-state index in [1.165, 1.54) is 0 Å². The van der Waals surface area contributed by atoms with E-state index >= 15 is 0 Å². The molecule has 1 aromatic carbocycles. The molecule has 3 heteroatoms. The second-order valence-corrected chi connectivity index (χ2v) is 3.57. The maximum Gasteiger partial charge on any atom is 0.305 e. The van der Waals surface area contributed by atoms with Crippen molar-refractivity contribution in [2.45, 2.75) is 26.3 Å². The minimum absolute atomic E-state index is 0.0231. The summed E-state index contributed by atoms with van der Waals surface area (Å²) in [6, 6.07) is 9.91. The fourth-order valence-corrected chi connectivity index (χ4v) is 1.73. The van der Waals surface area contributed by atoms with Crippen molar-refractivity contribution < 1.29 is 9.90 Å². The van der Waals surface area contributed by atoms with Crippen LogP contribution in [0.25, 0.3) is 0 Å². The lowest BCUT2D eigenvalue weighted by atomic mass is 10.1. The number of hydrogen-bond donors (Lipinski definition) is 1. The molecule has 0 heterocycles. The Labute approximate surface area is 90.3 Å². The van der Waals surface area contributed by atoms with Crippen molar-refractivity contribution in [1.29, 1.82) is 0 Å². The van der Waals surface area contributed by atoms with Crippen LogP contribution in [0, 0.1) is 0 Å². The third-order valence-electron chi connectivity index (χ3n) is 2.43. The van der Waals surface area contributed by atoms with Crippen molar-refractivity contribution in [3.8, 4) is 0 Å². The van der Waals surface area contributed by atoms with Crippen LogP contribution in [0.3, 0.4) is 0 Å². The highest BCUT2D eigenvalue weighted by Gasteiger charge is 2.15. The Kier molecular flexibility index (Phi) is 4.16. The van der Waals surface area contributed by atoms with Crippen LogP contribution >= 0.6 is 0 Å². The number of aliphatic carboxylic acids is 1. The fraction of sp³-hybridized carbons (Fsp3) is 0.417. The van der Waals surface area contributed by atoms with Gasteiger partial charge in [-0.15, -0.1) is 0 Å². The minimum Gasteiger partial charge on any atom is -0.481 e. The lowest BCUT2D eigenvalue weighted by Crippen LogP contribution is -2.34. The van der Waals surface area contributed by atoms with Gasteiger partial charge in [0.15, 0.2) is 0 Å². The lowest BCUT2D eigenvalue weighted by Gasteiger charge is -2.29. The number of nitrogens with zero attached hydrogens (tertiary/aromatic N) is 1. The Morgan fingerprint density at radius 3 is 2.47 bits per heavy atom. The van der Waals surface area contributed by atoms with Gasteiger partial charge in [0.2, 0.25) is 0 Å². The van der Waals surface area contributed by atoms with E-state index in [1.807, 2.05) is 44.2 Å². The molecule has 1 N–H and O–H groups in total. The van der Waals surface area contributed by atoms with Crippen molar-refractivity contribution in [2.24, 2.45) is 0 Å². The summed E-state index contributed by atoms with van der Waals surface area (Å²) < 4.78 is 0. The molecule has 0 amide bonds. The topological polar surface area (TPSA) is 40.5 Å². The third-order valence-corrected chi connectivity index (χ3v) is 2.43. The van der Waals surface area contributed by atoms with Crippen LogP contribution in [0.4, 0.5) is 5.69 Å². The molecular weight excluding hydrogens is 190 g/mol. The highest BCUT2D eigenvalue weighted by atomic mass is 16.4. The Morgan fingerprint density at radius 2 is 2.00 bits per heavy atom. The number of benzene rings is 1. The molecule has 0 saturated heterocycles. The number of para-hydroxylation sites is 1. The molecule has 0 spiro atoms. The molecule has 1 rings (SSSR count). The van der Waals surface area contributed by atoms with Crippen LogP contribution in [0.1, 0.15) is 20.3 Å². The number of carboxylic acids is 1. The Morgan fingerprint density at radius 1 is 1.40 bits per heavy atom. The van der Waals surface area contributed by atoms with Gasteiger partial charge in [-0.1, -0.05) is 18.2 Å². The molecule has 3 nitrogen and oxygen atoms in total. The smallest absolute Gasteiger partial charge is 0.305 e. The van der Waals surface area contributed by atoms with Crippen molar-refractivity contribution in [1.82, 2.24) is 0 Å². The fourth-order valence-electron chi connectivity index (χ4n) is 1.73. The molecule has 0 aliphatic heterocycles. The van der Waals surface area contributed by atoms with Crippen LogP contribution < -0.4 is 4.90 Å². The summed E-state index contributed by atoms with van der Waals surface area (Å²) in [5, 5.41) is 8.75. The van der Waals surface area contributed by atoms with Crippen molar-refractivity contribution in [3.05, 3.63) is 30.3 Å². The quantitative estimate of drug-likeness (QED) is 0.805. The van der Waals surface area contributed by atoms with Gasteiger partial charge in [-0.3, -0.25) is 4.79 Å². The molecule has 0 saturated carbocycles. The van der Waals surface area contributed by atoms with E-state index in [2.05, 4.69) is 4.90 Å². The molecule has 0 aliphatic rings. The van der Waals surface area contributed by atoms with Gasteiger partial charge >= 0.3 is 5.97 Å². The van der Waals surface area contributed by atoms with Crippen LogP contribution in [0.15, 0.2) is 30.3 Å². The first-order chi connectivity index (χ1) is 7.15. The van der Waals surface area contributed by atoms with Gasteiger partial charge < -0.3 is 10.0 Å². The largest absolute Gasteiger partial charge is 0.481 e. The van der Waals surface area contributed by atoms with E-state index in [0.717, 1.165) is 12.2 Å². The normalized spacial score (nSPS) is 12.1. The summed E-state index contributed by atoms with van der Waals surface area (Å²) in [5.74, 6) is -0.753. The average Bonchev–Trinajstić information content (AvgIpc) is 2.19. The van der Waals surface area contributed by atoms with Gasteiger partial charge in [0, 0.05) is 18.3 Å². The predicted molar refractivity (Wildman–Crippen MR) is 61.2 cm³/mol. The second kappa shape index (κ2) is 5.39. The maximum atomic E-state index is 10.6. The van der Waals surface area contributed by atoms with E-state index < -0.39 is 5.97 Å². The third kappa shape index (κ3) is 3.27. The molecule has 1 aromatic rings. The van der Waals surface area contributed by atoms with Gasteiger partial charge in [0.05, 0.1) is 6.42 Å². The first kappa shape index (κ1) is 11.6. The summed E-state index contributed by atoms with van der Waals surface area (Å²) >= 11 is 0. The zero-order valence-corrected chi connectivity index (χ0v) is 9.18. The lowest BCUT2D eigenvalue weighted by molar-refractivity contribution is -0.137.